The van der Waals surface area contributed by atoms with Gasteiger partial charge in [0.1, 0.15) is 0 Å². The molecule has 1 aliphatic carbocycles. The van der Waals surface area contributed by atoms with Crippen LogP contribution in [0.25, 0.3) is 0 Å². The molecule has 1 aromatic carbocycles. The minimum atomic E-state index is -2.45. The molecule has 1 fully saturated rings. The van der Waals surface area contributed by atoms with Crippen molar-refractivity contribution >= 4 is 27.2 Å². The number of amides is 2. The van der Waals surface area contributed by atoms with Gasteiger partial charge in [0.25, 0.3) is 5.91 Å². The summed E-state index contributed by atoms with van der Waals surface area (Å²) < 4.78 is 15.1. The normalized spacial score (nSPS) is 21.1. The minimum Gasteiger partial charge on any atom is -0.326 e. The topological polar surface area (TPSA) is 75.6 Å². The Bertz CT molecular complexity index is 650. The Morgan fingerprint density at radius 3 is 2.25 bits per heavy atom. The van der Waals surface area contributed by atoms with Gasteiger partial charge in [-0.15, -0.1) is 0 Å². The van der Waals surface area contributed by atoms with Crippen LogP contribution in [0, 0.1) is 11.8 Å². The second-order valence-electron chi connectivity index (χ2n) is 5.46. The van der Waals surface area contributed by atoms with Crippen molar-refractivity contribution in [3.05, 3.63) is 29.8 Å². The molecular weight excluding hydrogens is 276 g/mol. The van der Waals surface area contributed by atoms with Gasteiger partial charge in [-0.1, -0.05) is 6.92 Å². The molecule has 0 saturated heterocycles. The van der Waals surface area contributed by atoms with Crippen molar-refractivity contribution in [1.29, 1.82) is 0 Å². The van der Waals surface area contributed by atoms with Gasteiger partial charge in [-0.3, -0.25) is 9.59 Å². The molecule has 1 N–H and O–H groups in total. The predicted molar refractivity (Wildman–Crippen MR) is 79.1 cm³/mol. The van der Waals surface area contributed by atoms with Crippen LogP contribution in [0.15, 0.2) is 28.6 Å². The molecule has 2 unspecified atom stereocenters. The van der Waals surface area contributed by atoms with E-state index in [1.165, 1.54) is 12.5 Å². The van der Waals surface area contributed by atoms with Gasteiger partial charge in [0.05, 0.1) is 0 Å². The fourth-order valence-corrected chi connectivity index (χ4v) is 2.38. The van der Waals surface area contributed by atoms with E-state index in [4.69, 9.17) is 0 Å². The molecule has 5 nitrogen and oxygen atoms in total. The van der Waals surface area contributed by atoms with Crippen molar-refractivity contribution in [1.82, 2.24) is 0 Å². The quantitative estimate of drug-likeness (QED) is 0.928. The third-order valence-corrected chi connectivity index (χ3v) is 3.75. The van der Waals surface area contributed by atoms with Crippen LogP contribution in [0.1, 0.15) is 23.7 Å². The van der Waals surface area contributed by atoms with Crippen LogP contribution in [0.2, 0.25) is 0 Å². The molecule has 1 aromatic rings. The number of rotatable bonds is 3. The first-order chi connectivity index (χ1) is 9.26. The molecule has 2 atom stereocenters. The molecule has 6 heteroatoms. The van der Waals surface area contributed by atoms with Crippen LogP contribution in [0.4, 0.5) is 5.69 Å². The first kappa shape index (κ1) is 14.7. The molecule has 2 rings (SSSR count). The lowest BCUT2D eigenvalue weighted by Crippen LogP contribution is -2.14. The van der Waals surface area contributed by atoms with Crippen molar-refractivity contribution < 1.29 is 13.8 Å². The molecule has 0 aromatic heterocycles. The Morgan fingerprint density at radius 1 is 1.25 bits per heavy atom. The van der Waals surface area contributed by atoms with Gasteiger partial charge in [-0.05, 0) is 36.6 Å². The third-order valence-electron chi connectivity index (χ3n) is 3.15. The number of carbonyl (C=O) groups is 2. The molecule has 2 amide bonds. The van der Waals surface area contributed by atoms with E-state index in [2.05, 4.69) is 9.68 Å². The highest BCUT2D eigenvalue weighted by Crippen LogP contribution is 2.38. The lowest BCUT2D eigenvalue weighted by molar-refractivity contribution is -0.117. The SMILES string of the molecule is CC1CC1C(=O)Nc1ccc(C(=O)N=S(C)(C)=O)cc1. The minimum absolute atomic E-state index is 0.0198. The fraction of sp³-hybridized carbons (Fsp3) is 0.429. The van der Waals surface area contributed by atoms with Gasteiger partial charge in [-0.25, -0.2) is 4.21 Å². The molecule has 1 aliphatic rings. The summed E-state index contributed by atoms with van der Waals surface area (Å²) in [5, 5.41) is 2.81. The second kappa shape index (κ2) is 5.36. The highest BCUT2D eigenvalue weighted by atomic mass is 32.2. The fourth-order valence-electron chi connectivity index (χ4n) is 1.87. The van der Waals surface area contributed by atoms with Crippen LogP contribution in [-0.4, -0.2) is 28.5 Å². The molecule has 108 valence electrons. The summed E-state index contributed by atoms with van der Waals surface area (Å²) in [5.74, 6) is 0.0770. The van der Waals surface area contributed by atoms with Crippen LogP contribution in [0.3, 0.4) is 0 Å². The molecule has 0 radical (unpaired) electrons. The van der Waals surface area contributed by atoms with E-state index in [0.717, 1.165) is 6.42 Å². The van der Waals surface area contributed by atoms with Crippen molar-refractivity contribution in [2.75, 3.05) is 17.8 Å². The summed E-state index contributed by atoms with van der Waals surface area (Å²) in [6.07, 6.45) is 3.76. The van der Waals surface area contributed by atoms with Gasteiger partial charge >= 0.3 is 0 Å². The number of carbonyl (C=O) groups excluding carboxylic acids is 2. The molecule has 0 aliphatic heterocycles. The molecular formula is C14H18N2O3S. The van der Waals surface area contributed by atoms with Crippen molar-refractivity contribution in [2.45, 2.75) is 13.3 Å². The third kappa shape index (κ3) is 3.90. The van der Waals surface area contributed by atoms with Crippen molar-refractivity contribution in [2.24, 2.45) is 16.2 Å². The second-order valence-corrected chi connectivity index (χ2v) is 8.01. The monoisotopic (exact) mass is 294 g/mol. The van der Waals surface area contributed by atoms with E-state index in [0.29, 0.717) is 17.2 Å². The van der Waals surface area contributed by atoms with Gasteiger partial charge < -0.3 is 5.32 Å². The zero-order chi connectivity index (χ0) is 14.9. The Hall–Kier alpha value is -1.69. The molecule has 0 heterocycles. The lowest BCUT2D eigenvalue weighted by Gasteiger charge is -2.05. The Morgan fingerprint density at radius 2 is 1.80 bits per heavy atom. The number of nitrogens with one attached hydrogen (secondary N) is 1. The molecule has 0 bridgehead atoms. The predicted octanol–water partition coefficient (Wildman–Crippen LogP) is 2.15. The average Bonchev–Trinajstić information content (AvgIpc) is 3.05. The van der Waals surface area contributed by atoms with Crippen molar-refractivity contribution in [3.63, 3.8) is 0 Å². The van der Waals surface area contributed by atoms with Crippen LogP contribution in [-0.2, 0) is 14.5 Å². The molecule has 20 heavy (non-hydrogen) atoms. The highest BCUT2D eigenvalue weighted by molar-refractivity contribution is 7.92. The van der Waals surface area contributed by atoms with Gasteiger partial charge in [0, 0.05) is 39.4 Å². The molecule has 0 spiro atoms. The van der Waals surface area contributed by atoms with E-state index in [9.17, 15) is 13.8 Å². The first-order valence-corrected chi connectivity index (χ1v) is 8.72. The van der Waals surface area contributed by atoms with E-state index in [1.54, 1.807) is 24.3 Å². The number of anilines is 1. The maximum absolute atomic E-state index is 11.8. The highest BCUT2D eigenvalue weighted by Gasteiger charge is 2.38. The van der Waals surface area contributed by atoms with Crippen LogP contribution in [0.5, 0.6) is 0 Å². The summed E-state index contributed by atoms with van der Waals surface area (Å²) in [4.78, 5) is 23.5. The van der Waals surface area contributed by atoms with Gasteiger partial charge in [-0.2, -0.15) is 4.36 Å². The maximum atomic E-state index is 11.8. The Labute approximate surface area is 118 Å². The smallest absolute Gasteiger partial charge is 0.285 e. The Kier molecular flexibility index (Phi) is 3.94. The van der Waals surface area contributed by atoms with Crippen LogP contribution >= 0.6 is 0 Å². The Balaban J connectivity index is 2.05. The maximum Gasteiger partial charge on any atom is 0.285 e. The number of benzene rings is 1. The van der Waals surface area contributed by atoms with E-state index in [-0.39, 0.29) is 11.8 Å². The number of hydrogen-bond donors (Lipinski definition) is 1. The summed E-state index contributed by atoms with van der Waals surface area (Å²) in [7, 11) is -2.45. The van der Waals surface area contributed by atoms with Crippen molar-refractivity contribution in [3.8, 4) is 0 Å². The number of nitrogens with zero attached hydrogens (tertiary/aromatic N) is 1. The zero-order valence-electron chi connectivity index (χ0n) is 11.8. The summed E-state index contributed by atoms with van der Waals surface area (Å²) in [6.45, 7) is 2.04. The first-order valence-electron chi connectivity index (χ1n) is 6.38. The van der Waals surface area contributed by atoms with E-state index < -0.39 is 15.6 Å². The van der Waals surface area contributed by atoms with E-state index in [1.807, 2.05) is 6.92 Å². The largest absolute Gasteiger partial charge is 0.326 e. The van der Waals surface area contributed by atoms with E-state index >= 15 is 0 Å². The summed E-state index contributed by atoms with van der Waals surface area (Å²) in [5.41, 5.74) is 1.01. The van der Waals surface area contributed by atoms with Crippen LogP contribution < -0.4 is 5.32 Å². The zero-order valence-corrected chi connectivity index (χ0v) is 12.6. The number of hydrogen-bond acceptors (Lipinski definition) is 3. The standard InChI is InChI=1S/C14H18N2O3S/c1-9-8-12(9)14(18)15-11-6-4-10(5-7-11)13(17)16-20(2,3)19/h4-7,9,12H,8H2,1-3H3,(H,15,18). The van der Waals surface area contributed by atoms with Gasteiger partial charge in [0.2, 0.25) is 5.91 Å². The average molecular weight is 294 g/mol. The molecule has 1 saturated carbocycles. The van der Waals surface area contributed by atoms with Gasteiger partial charge in [0.15, 0.2) is 0 Å². The summed E-state index contributed by atoms with van der Waals surface area (Å²) in [6, 6.07) is 6.45. The lowest BCUT2D eigenvalue weighted by atomic mass is 10.2. The summed E-state index contributed by atoms with van der Waals surface area (Å²) >= 11 is 0.